The molecule has 2 aromatic carbocycles. The van der Waals surface area contributed by atoms with Gasteiger partial charge >= 0.3 is 7.05 Å². The molecule has 3 atom stereocenters. The summed E-state index contributed by atoms with van der Waals surface area (Å²) in [5.41, 5.74) is 2.75. The van der Waals surface area contributed by atoms with Crippen molar-refractivity contribution < 1.29 is 4.65 Å². The van der Waals surface area contributed by atoms with Crippen molar-refractivity contribution in [3.05, 3.63) is 71.8 Å². The van der Waals surface area contributed by atoms with E-state index in [4.69, 9.17) is 4.65 Å². The normalized spacial score (nSPS) is 28.8. The first kappa shape index (κ1) is 13.1. The minimum Gasteiger partial charge on any atom is -0.413 e. The Bertz CT molecular complexity index is 603. The maximum atomic E-state index is 6.29. The molecule has 106 valence electrons. The Labute approximate surface area is 126 Å². The van der Waals surface area contributed by atoms with Gasteiger partial charge in [0.2, 0.25) is 0 Å². The van der Waals surface area contributed by atoms with E-state index in [0.717, 1.165) is 6.54 Å². The van der Waals surface area contributed by atoms with Gasteiger partial charge in [-0.25, -0.2) is 0 Å². The Morgan fingerprint density at radius 2 is 1.57 bits per heavy atom. The average Bonchev–Trinajstić information content (AvgIpc) is 3.11. The lowest BCUT2D eigenvalue weighted by Gasteiger charge is -2.26. The molecular weight excluding hydrogens is 257 g/mol. The SMILES string of the molecule is CB1OC(c2ccccc2)[C@H]2C(c3ccccc3)CCN12. The van der Waals surface area contributed by atoms with Crippen LogP contribution in [-0.2, 0) is 4.65 Å². The highest BCUT2D eigenvalue weighted by Gasteiger charge is 2.50. The Morgan fingerprint density at radius 1 is 0.952 bits per heavy atom. The molecule has 0 N–H and O–H groups in total. The number of benzene rings is 2. The lowest BCUT2D eigenvalue weighted by molar-refractivity contribution is 0.196. The molecule has 0 bridgehead atoms. The molecule has 2 unspecified atom stereocenters. The van der Waals surface area contributed by atoms with Gasteiger partial charge in [0.05, 0.1) is 6.10 Å². The summed E-state index contributed by atoms with van der Waals surface area (Å²) in [5, 5.41) is 0. The molecule has 0 radical (unpaired) electrons. The van der Waals surface area contributed by atoms with Gasteiger partial charge in [-0.15, -0.1) is 0 Å². The summed E-state index contributed by atoms with van der Waals surface area (Å²) < 4.78 is 6.29. The standard InChI is InChI=1S/C18H20BNO/c1-19-20-13-12-16(14-8-4-2-5-9-14)17(20)18(21-19)15-10-6-3-7-11-15/h2-11,16-18H,12-13H2,1H3/t16?,17-,18?/m1/s1. The Morgan fingerprint density at radius 3 is 2.24 bits per heavy atom. The second kappa shape index (κ2) is 5.32. The first-order valence-electron chi connectivity index (χ1n) is 7.86. The molecule has 2 heterocycles. The smallest absolute Gasteiger partial charge is 0.379 e. The van der Waals surface area contributed by atoms with Crippen LogP contribution in [0.5, 0.6) is 0 Å². The Balaban J connectivity index is 1.70. The van der Waals surface area contributed by atoms with Crippen molar-refractivity contribution in [2.45, 2.75) is 31.3 Å². The molecule has 3 heteroatoms. The summed E-state index contributed by atoms with van der Waals surface area (Å²) in [6, 6.07) is 22.1. The first-order chi connectivity index (χ1) is 10.3. The predicted molar refractivity (Wildman–Crippen MR) is 86.2 cm³/mol. The Kier molecular flexibility index (Phi) is 3.32. The van der Waals surface area contributed by atoms with Crippen LogP contribution in [0.25, 0.3) is 0 Å². The van der Waals surface area contributed by atoms with E-state index in [9.17, 15) is 0 Å². The second-order valence-electron chi connectivity index (χ2n) is 6.10. The molecule has 21 heavy (non-hydrogen) atoms. The molecule has 2 saturated heterocycles. The number of hydrogen-bond donors (Lipinski definition) is 0. The molecule has 2 nitrogen and oxygen atoms in total. The van der Waals surface area contributed by atoms with Gasteiger partial charge in [-0.1, -0.05) is 60.7 Å². The van der Waals surface area contributed by atoms with Crippen molar-refractivity contribution in [3.63, 3.8) is 0 Å². The summed E-state index contributed by atoms with van der Waals surface area (Å²) in [6.45, 7) is 3.32. The zero-order valence-electron chi connectivity index (χ0n) is 12.4. The van der Waals surface area contributed by atoms with E-state index in [1.165, 1.54) is 17.5 Å². The number of nitrogens with zero attached hydrogens (tertiary/aromatic N) is 1. The maximum Gasteiger partial charge on any atom is 0.379 e. The van der Waals surface area contributed by atoms with Crippen LogP contribution in [0.2, 0.25) is 6.82 Å². The minimum atomic E-state index is 0.189. The molecule has 2 fully saturated rings. The fourth-order valence-electron chi connectivity index (χ4n) is 4.00. The molecule has 0 spiro atoms. The average molecular weight is 277 g/mol. The molecule has 4 rings (SSSR count). The molecule has 0 aliphatic carbocycles. The van der Waals surface area contributed by atoms with Crippen molar-refractivity contribution in [1.29, 1.82) is 0 Å². The van der Waals surface area contributed by atoms with Gasteiger partial charge in [0, 0.05) is 12.0 Å². The molecule has 0 saturated carbocycles. The van der Waals surface area contributed by atoms with Gasteiger partial charge in [-0.05, 0) is 30.9 Å². The summed E-state index contributed by atoms with van der Waals surface area (Å²) in [4.78, 5) is 2.54. The van der Waals surface area contributed by atoms with Gasteiger partial charge in [0.25, 0.3) is 0 Å². The van der Waals surface area contributed by atoms with Crippen LogP contribution in [0.3, 0.4) is 0 Å². The van der Waals surface area contributed by atoms with Crippen LogP contribution < -0.4 is 0 Å². The van der Waals surface area contributed by atoms with E-state index in [2.05, 4.69) is 72.3 Å². The van der Waals surface area contributed by atoms with Crippen LogP contribution in [0, 0.1) is 0 Å². The van der Waals surface area contributed by atoms with E-state index in [1.54, 1.807) is 0 Å². The lowest BCUT2D eigenvalue weighted by Crippen LogP contribution is -2.35. The van der Waals surface area contributed by atoms with Crippen LogP contribution in [-0.4, -0.2) is 24.4 Å². The zero-order valence-corrected chi connectivity index (χ0v) is 12.4. The lowest BCUT2D eigenvalue weighted by atomic mass is 9.84. The van der Waals surface area contributed by atoms with Crippen molar-refractivity contribution in [1.82, 2.24) is 4.81 Å². The number of rotatable bonds is 2. The number of fused-ring (bicyclic) bond motifs is 1. The second-order valence-corrected chi connectivity index (χ2v) is 6.10. The number of hydrogen-bond acceptors (Lipinski definition) is 2. The first-order valence-corrected chi connectivity index (χ1v) is 7.86. The van der Waals surface area contributed by atoms with E-state index in [-0.39, 0.29) is 13.2 Å². The Hall–Kier alpha value is -1.58. The fraction of sp³-hybridized carbons (Fsp3) is 0.333. The molecule has 2 aliphatic heterocycles. The fourth-order valence-corrected chi connectivity index (χ4v) is 4.00. The summed E-state index contributed by atoms with van der Waals surface area (Å²) >= 11 is 0. The van der Waals surface area contributed by atoms with E-state index in [1.807, 2.05) is 0 Å². The third-order valence-electron chi connectivity index (χ3n) is 4.97. The van der Waals surface area contributed by atoms with Crippen LogP contribution >= 0.6 is 0 Å². The topological polar surface area (TPSA) is 12.5 Å². The maximum absolute atomic E-state index is 6.29. The summed E-state index contributed by atoms with van der Waals surface area (Å²) in [7, 11) is 0.217. The van der Waals surface area contributed by atoms with Crippen molar-refractivity contribution in [3.8, 4) is 0 Å². The highest BCUT2D eigenvalue weighted by Crippen LogP contribution is 2.46. The minimum absolute atomic E-state index is 0.189. The third-order valence-corrected chi connectivity index (χ3v) is 4.97. The molecule has 2 aromatic rings. The van der Waals surface area contributed by atoms with Crippen LogP contribution in [0.15, 0.2) is 60.7 Å². The monoisotopic (exact) mass is 277 g/mol. The summed E-state index contributed by atoms with van der Waals surface area (Å²) in [5.74, 6) is 0.571. The highest BCUT2D eigenvalue weighted by atomic mass is 16.5. The van der Waals surface area contributed by atoms with Gasteiger partial charge in [0.15, 0.2) is 0 Å². The van der Waals surface area contributed by atoms with E-state index < -0.39 is 0 Å². The molecular formula is C18H20BNO. The molecule has 2 aliphatic rings. The van der Waals surface area contributed by atoms with Crippen LogP contribution in [0.4, 0.5) is 0 Å². The van der Waals surface area contributed by atoms with Crippen molar-refractivity contribution in [2.75, 3.05) is 6.54 Å². The van der Waals surface area contributed by atoms with Crippen molar-refractivity contribution in [2.24, 2.45) is 0 Å². The highest BCUT2D eigenvalue weighted by molar-refractivity contribution is 6.48. The van der Waals surface area contributed by atoms with Gasteiger partial charge in [-0.3, -0.25) is 0 Å². The largest absolute Gasteiger partial charge is 0.413 e. The third kappa shape index (κ3) is 2.21. The molecule has 0 amide bonds. The zero-order chi connectivity index (χ0) is 14.2. The van der Waals surface area contributed by atoms with E-state index >= 15 is 0 Å². The van der Waals surface area contributed by atoms with Gasteiger partial charge < -0.3 is 9.47 Å². The van der Waals surface area contributed by atoms with E-state index in [0.29, 0.717) is 12.0 Å². The quantitative estimate of drug-likeness (QED) is 0.775. The van der Waals surface area contributed by atoms with Gasteiger partial charge in [-0.2, -0.15) is 0 Å². The predicted octanol–water partition coefficient (Wildman–Crippen LogP) is 3.73. The molecule has 0 aromatic heterocycles. The van der Waals surface area contributed by atoms with Crippen molar-refractivity contribution >= 4 is 7.05 Å². The van der Waals surface area contributed by atoms with Crippen LogP contribution in [0.1, 0.15) is 29.6 Å². The van der Waals surface area contributed by atoms with Gasteiger partial charge in [0.1, 0.15) is 0 Å². The summed E-state index contributed by atoms with van der Waals surface area (Å²) in [6.07, 6.45) is 1.42.